The summed E-state index contributed by atoms with van der Waals surface area (Å²) in [5.74, 6) is -1.63. The van der Waals surface area contributed by atoms with Gasteiger partial charge in [0, 0.05) is 33.0 Å². The Labute approximate surface area is 157 Å². The standard InChI is InChI=1S/C19H23NO7/c1-11(21)25-16-10-24-19(18(27-13(3)23)17(16)26-12(2)22)20-9-8-14-6-4-5-7-15(14)20/h4-7,16-19H,8-10H2,1-3H3/t16-,17-,18-,19+/m1/s1. The highest BCUT2D eigenvalue weighted by Gasteiger charge is 2.49. The van der Waals surface area contributed by atoms with Crippen LogP contribution in [0, 0.1) is 0 Å². The summed E-state index contributed by atoms with van der Waals surface area (Å²) in [5, 5.41) is 0. The monoisotopic (exact) mass is 377 g/mol. The van der Waals surface area contributed by atoms with Gasteiger partial charge >= 0.3 is 17.9 Å². The zero-order valence-electron chi connectivity index (χ0n) is 15.5. The van der Waals surface area contributed by atoms with Crippen LogP contribution in [0.3, 0.4) is 0 Å². The first-order chi connectivity index (χ1) is 12.9. The highest BCUT2D eigenvalue weighted by atomic mass is 16.6. The molecule has 0 N–H and O–H groups in total. The van der Waals surface area contributed by atoms with E-state index in [4.69, 9.17) is 18.9 Å². The van der Waals surface area contributed by atoms with Crippen molar-refractivity contribution in [2.45, 2.75) is 51.7 Å². The number of esters is 3. The molecule has 3 rings (SSSR count). The van der Waals surface area contributed by atoms with Crippen LogP contribution in [0.15, 0.2) is 24.3 Å². The summed E-state index contributed by atoms with van der Waals surface area (Å²) < 4.78 is 22.1. The summed E-state index contributed by atoms with van der Waals surface area (Å²) in [6, 6.07) is 7.89. The first-order valence-corrected chi connectivity index (χ1v) is 8.84. The van der Waals surface area contributed by atoms with E-state index in [1.807, 2.05) is 29.2 Å². The van der Waals surface area contributed by atoms with Gasteiger partial charge < -0.3 is 23.8 Å². The average Bonchev–Trinajstić information content (AvgIpc) is 3.00. The van der Waals surface area contributed by atoms with Crippen LogP contribution in [0.5, 0.6) is 0 Å². The Balaban J connectivity index is 1.92. The van der Waals surface area contributed by atoms with Crippen LogP contribution in [0.1, 0.15) is 26.3 Å². The number of carbonyl (C=O) groups excluding carboxylic acids is 3. The Kier molecular flexibility index (Phi) is 5.65. The summed E-state index contributed by atoms with van der Waals surface area (Å²) in [5.41, 5.74) is 2.14. The third kappa shape index (κ3) is 4.21. The van der Waals surface area contributed by atoms with E-state index in [9.17, 15) is 14.4 Å². The summed E-state index contributed by atoms with van der Waals surface area (Å²) in [6.07, 6.45) is -2.58. The minimum Gasteiger partial charge on any atom is -0.456 e. The maximum absolute atomic E-state index is 11.7. The lowest BCUT2D eigenvalue weighted by atomic mass is 10.0. The minimum absolute atomic E-state index is 0.0264. The number of hydrogen-bond acceptors (Lipinski definition) is 8. The normalized spacial score (nSPS) is 26.9. The Hall–Kier alpha value is -2.61. The van der Waals surface area contributed by atoms with Crippen LogP contribution in [0.2, 0.25) is 0 Å². The largest absolute Gasteiger partial charge is 0.456 e. The first kappa shape index (κ1) is 19.2. The molecule has 0 saturated carbocycles. The smallest absolute Gasteiger partial charge is 0.303 e. The van der Waals surface area contributed by atoms with Crippen LogP contribution in [0.4, 0.5) is 5.69 Å². The van der Waals surface area contributed by atoms with Gasteiger partial charge in [-0.05, 0) is 18.1 Å². The fourth-order valence-corrected chi connectivity index (χ4v) is 3.62. The molecule has 27 heavy (non-hydrogen) atoms. The number of benzene rings is 1. The molecule has 8 heteroatoms. The number of fused-ring (bicyclic) bond motifs is 1. The van der Waals surface area contributed by atoms with Crippen molar-refractivity contribution in [3.63, 3.8) is 0 Å². The molecular formula is C19H23NO7. The van der Waals surface area contributed by atoms with Gasteiger partial charge in [-0.1, -0.05) is 18.2 Å². The molecule has 0 unspecified atom stereocenters. The lowest BCUT2D eigenvalue weighted by Gasteiger charge is -2.44. The van der Waals surface area contributed by atoms with Crippen molar-refractivity contribution in [1.82, 2.24) is 0 Å². The number of anilines is 1. The molecule has 8 nitrogen and oxygen atoms in total. The highest BCUT2D eigenvalue weighted by molar-refractivity contribution is 5.68. The molecule has 1 saturated heterocycles. The van der Waals surface area contributed by atoms with Gasteiger partial charge in [0.05, 0.1) is 6.61 Å². The van der Waals surface area contributed by atoms with E-state index in [1.54, 1.807) is 0 Å². The lowest BCUT2D eigenvalue weighted by Crippen LogP contribution is -2.62. The zero-order valence-corrected chi connectivity index (χ0v) is 15.5. The molecule has 0 aliphatic carbocycles. The Morgan fingerprint density at radius 2 is 1.59 bits per heavy atom. The van der Waals surface area contributed by atoms with Crippen molar-refractivity contribution in [3.8, 4) is 0 Å². The third-order valence-electron chi connectivity index (χ3n) is 4.55. The summed E-state index contributed by atoms with van der Waals surface area (Å²) in [6.45, 7) is 4.49. The van der Waals surface area contributed by atoms with Gasteiger partial charge in [0.2, 0.25) is 0 Å². The average molecular weight is 377 g/mol. The molecule has 1 aromatic carbocycles. The predicted octanol–water partition coefficient (Wildman–Crippen LogP) is 1.20. The molecule has 146 valence electrons. The quantitative estimate of drug-likeness (QED) is 0.571. The second-order valence-corrected chi connectivity index (χ2v) is 6.59. The molecule has 0 spiro atoms. The van der Waals surface area contributed by atoms with Crippen LogP contribution < -0.4 is 4.90 Å². The van der Waals surface area contributed by atoms with Crippen LogP contribution >= 0.6 is 0 Å². The van der Waals surface area contributed by atoms with E-state index in [0.29, 0.717) is 6.54 Å². The van der Waals surface area contributed by atoms with Crippen LogP contribution in [0.25, 0.3) is 0 Å². The van der Waals surface area contributed by atoms with E-state index in [2.05, 4.69) is 0 Å². The van der Waals surface area contributed by atoms with E-state index in [0.717, 1.165) is 17.7 Å². The van der Waals surface area contributed by atoms with Crippen LogP contribution in [-0.2, 0) is 39.8 Å². The molecular weight excluding hydrogens is 354 g/mol. The fourth-order valence-electron chi connectivity index (χ4n) is 3.62. The van der Waals surface area contributed by atoms with Crippen molar-refractivity contribution >= 4 is 23.6 Å². The third-order valence-corrected chi connectivity index (χ3v) is 4.55. The molecule has 0 aromatic heterocycles. The van der Waals surface area contributed by atoms with Crippen molar-refractivity contribution < 1.29 is 33.3 Å². The molecule has 1 aromatic rings. The maximum Gasteiger partial charge on any atom is 0.303 e. The Bertz CT molecular complexity index is 735. The Morgan fingerprint density at radius 3 is 2.26 bits per heavy atom. The molecule has 2 aliphatic rings. The SMILES string of the molecule is CC(=O)O[C@@H]1[C@H](OC(C)=O)[C@H](OC(C)=O)CO[C@@H]1N1CCc2ccccc21. The van der Waals surface area contributed by atoms with E-state index in [-0.39, 0.29) is 6.61 Å². The number of rotatable bonds is 4. The molecule has 0 radical (unpaired) electrons. The first-order valence-electron chi connectivity index (χ1n) is 8.84. The van der Waals surface area contributed by atoms with Crippen molar-refractivity contribution in [1.29, 1.82) is 0 Å². The Morgan fingerprint density at radius 1 is 0.963 bits per heavy atom. The topological polar surface area (TPSA) is 91.4 Å². The maximum atomic E-state index is 11.7. The number of nitrogens with zero attached hydrogens (tertiary/aromatic N) is 1. The van der Waals surface area contributed by atoms with Gasteiger partial charge in [-0.3, -0.25) is 14.4 Å². The summed E-state index contributed by atoms with van der Waals surface area (Å²) in [4.78, 5) is 36.8. The van der Waals surface area contributed by atoms with Crippen molar-refractivity contribution in [2.24, 2.45) is 0 Å². The summed E-state index contributed by atoms with van der Waals surface area (Å²) in [7, 11) is 0. The molecule has 0 bridgehead atoms. The predicted molar refractivity (Wildman–Crippen MR) is 93.9 cm³/mol. The van der Waals surface area contributed by atoms with Gasteiger partial charge in [0.25, 0.3) is 0 Å². The second kappa shape index (κ2) is 7.96. The number of para-hydroxylation sites is 1. The van der Waals surface area contributed by atoms with Gasteiger partial charge in [-0.2, -0.15) is 0 Å². The van der Waals surface area contributed by atoms with Gasteiger partial charge in [-0.25, -0.2) is 0 Å². The highest BCUT2D eigenvalue weighted by Crippen LogP contribution is 2.35. The summed E-state index contributed by atoms with van der Waals surface area (Å²) >= 11 is 0. The number of carbonyl (C=O) groups is 3. The minimum atomic E-state index is -0.957. The van der Waals surface area contributed by atoms with Crippen LogP contribution in [-0.4, -0.2) is 55.6 Å². The molecule has 2 aliphatic heterocycles. The number of ether oxygens (including phenoxy) is 4. The van der Waals surface area contributed by atoms with Gasteiger partial charge in [0.1, 0.15) is 0 Å². The zero-order chi connectivity index (χ0) is 19.6. The van der Waals surface area contributed by atoms with E-state index >= 15 is 0 Å². The van der Waals surface area contributed by atoms with Crippen molar-refractivity contribution in [2.75, 3.05) is 18.1 Å². The van der Waals surface area contributed by atoms with E-state index < -0.39 is 42.4 Å². The fraction of sp³-hybridized carbons (Fsp3) is 0.526. The van der Waals surface area contributed by atoms with E-state index in [1.165, 1.54) is 20.8 Å². The lowest BCUT2D eigenvalue weighted by molar-refractivity contribution is -0.225. The van der Waals surface area contributed by atoms with Gasteiger partial charge in [0.15, 0.2) is 24.5 Å². The van der Waals surface area contributed by atoms with Crippen molar-refractivity contribution in [3.05, 3.63) is 29.8 Å². The number of hydrogen-bond donors (Lipinski definition) is 0. The molecule has 4 atom stereocenters. The second-order valence-electron chi connectivity index (χ2n) is 6.59. The molecule has 0 amide bonds. The molecule has 1 fully saturated rings. The molecule has 2 heterocycles. The van der Waals surface area contributed by atoms with Gasteiger partial charge in [-0.15, -0.1) is 0 Å².